The fourth-order valence-electron chi connectivity index (χ4n) is 4.21. The summed E-state index contributed by atoms with van der Waals surface area (Å²) in [6, 6.07) is -0.135. The molecule has 26 heavy (non-hydrogen) atoms. The van der Waals surface area contributed by atoms with Gasteiger partial charge in [0.1, 0.15) is 0 Å². The minimum Gasteiger partial charge on any atom is -0.435 e. The van der Waals surface area contributed by atoms with E-state index in [0.717, 1.165) is 6.42 Å². The normalized spacial score (nSPS) is 27.7. The molecular formula is C19H42NO4Si2. The Kier molecular flexibility index (Phi) is 9.46. The molecule has 0 spiro atoms. The highest BCUT2D eigenvalue weighted by atomic mass is 28.4. The third-order valence-electron chi connectivity index (χ3n) is 5.64. The number of aliphatic hydroxyl groups is 1. The van der Waals surface area contributed by atoms with Crippen molar-refractivity contribution in [3.05, 3.63) is 0 Å². The molecule has 0 saturated heterocycles. The largest absolute Gasteiger partial charge is 0.435 e. The van der Waals surface area contributed by atoms with Crippen molar-refractivity contribution in [1.82, 2.24) is 0 Å². The molecular weight excluding hydrogens is 362 g/mol. The predicted molar refractivity (Wildman–Crippen MR) is 112 cm³/mol. The van der Waals surface area contributed by atoms with Gasteiger partial charge in [0.15, 0.2) is 0 Å². The first-order valence-corrected chi connectivity index (χ1v) is 13.7. The van der Waals surface area contributed by atoms with Gasteiger partial charge < -0.3 is 24.1 Å². The lowest BCUT2D eigenvalue weighted by atomic mass is 10.1. The van der Waals surface area contributed by atoms with Crippen molar-refractivity contribution in [2.75, 3.05) is 13.7 Å². The van der Waals surface area contributed by atoms with Gasteiger partial charge in [-0.05, 0) is 28.6 Å². The second kappa shape index (κ2) is 10.1. The molecule has 155 valence electrons. The van der Waals surface area contributed by atoms with Crippen LogP contribution in [0, 0.1) is 5.92 Å². The van der Waals surface area contributed by atoms with Crippen LogP contribution in [0.2, 0.25) is 22.2 Å². The van der Waals surface area contributed by atoms with Gasteiger partial charge in [-0.2, -0.15) is 0 Å². The van der Waals surface area contributed by atoms with E-state index in [1.54, 1.807) is 7.11 Å². The molecule has 3 N–H and O–H groups in total. The van der Waals surface area contributed by atoms with Gasteiger partial charge in [0.2, 0.25) is 9.04 Å². The summed E-state index contributed by atoms with van der Waals surface area (Å²) in [5, 5.41) is 10.5. The summed E-state index contributed by atoms with van der Waals surface area (Å²) < 4.78 is 19.0. The van der Waals surface area contributed by atoms with Crippen LogP contribution in [-0.4, -0.2) is 54.7 Å². The van der Waals surface area contributed by atoms with E-state index in [1.807, 2.05) is 0 Å². The molecule has 1 radical (unpaired) electrons. The maximum absolute atomic E-state index is 10.5. The fraction of sp³-hybridized carbons (Fsp3) is 1.00. The summed E-state index contributed by atoms with van der Waals surface area (Å²) >= 11 is 0. The lowest BCUT2D eigenvalue weighted by Crippen LogP contribution is -2.54. The van der Waals surface area contributed by atoms with Gasteiger partial charge in [0.25, 0.3) is 0 Å². The number of hydrogen-bond acceptors (Lipinski definition) is 5. The van der Waals surface area contributed by atoms with Crippen molar-refractivity contribution >= 4 is 17.6 Å². The molecule has 1 fully saturated rings. The van der Waals surface area contributed by atoms with Crippen LogP contribution in [0.3, 0.4) is 0 Å². The quantitative estimate of drug-likeness (QED) is 0.542. The molecule has 0 bridgehead atoms. The van der Waals surface area contributed by atoms with Gasteiger partial charge in [0, 0.05) is 25.7 Å². The Morgan fingerprint density at radius 2 is 1.54 bits per heavy atom. The average Bonchev–Trinajstić information content (AvgIpc) is 2.79. The highest BCUT2D eigenvalue weighted by molar-refractivity contribution is 6.78. The van der Waals surface area contributed by atoms with Crippen molar-refractivity contribution < 1.29 is 18.4 Å². The van der Waals surface area contributed by atoms with Gasteiger partial charge in [0.05, 0.1) is 12.2 Å². The van der Waals surface area contributed by atoms with E-state index in [4.69, 9.17) is 19.0 Å². The third kappa shape index (κ3) is 5.40. The highest BCUT2D eigenvalue weighted by Crippen LogP contribution is 2.39. The van der Waals surface area contributed by atoms with Crippen molar-refractivity contribution in [2.24, 2.45) is 11.7 Å². The molecule has 0 aromatic rings. The van der Waals surface area contributed by atoms with Crippen molar-refractivity contribution in [3.63, 3.8) is 0 Å². The van der Waals surface area contributed by atoms with Crippen molar-refractivity contribution in [1.29, 1.82) is 0 Å². The zero-order valence-electron chi connectivity index (χ0n) is 18.3. The van der Waals surface area contributed by atoms with Gasteiger partial charge in [-0.25, -0.2) is 0 Å². The van der Waals surface area contributed by atoms with Crippen LogP contribution < -0.4 is 5.73 Å². The second-order valence-corrected chi connectivity index (χ2v) is 17.0. The van der Waals surface area contributed by atoms with E-state index in [1.165, 1.54) is 0 Å². The smallest absolute Gasteiger partial charge is 0.333 e. The highest BCUT2D eigenvalue weighted by Gasteiger charge is 2.49. The van der Waals surface area contributed by atoms with Gasteiger partial charge in [-0.3, -0.25) is 0 Å². The monoisotopic (exact) mass is 404 g/mol. The van der Waals surface area contributed by atoms with E-state index >= 15 is 0 Å². The van der Waals surface area contributed by atoms with Gasteiger partial charge in [-0.15, -0.1) is 0 Å². The SMILES string of the molecule is CO[C@@H]1[C@H](O)[C@@H](CO[Si](O[Si](C(C)C)C(C)C)(C(C)C)C(C)C)C[C@H]1N. The first-order chi connectivity index (χ1) is 12.0. The molecule has 1 rings (SSSR count). The molecule has 0 aromatic carbocycles. The zero-order valence-corrected chi connectivity index (χ0v) is 20.3. The Bertz CT molecular complexity index is 404. The number of ether oxygens (including phenoxy) is 1. The molecule has 0 unspecified atom stereocenters. The van der Waals surface area contributed by atoms with Crippen LogP contribution in [0.15, 0.2) is 0 Å². The van der Waals surface area contributed by atoms with E-state index in [-0.39, 0.29) is 18.1 Å². The van der Waals surface area contributed by atoms with Crippen LogP contribution in [0.1, 0.15) is 61.8 Å². The predicted octanol–water partition coefficient (Wildman–Crippen LogP) is 3.82. The number of hydrogen-bond donors (Lipinski definition) is 2. The van der Waals surface area contributed by atoms with Crippen LogP contribution in [0.25, 0.3) is 0 Å². The van der Waals surface area contributed by atoms with Crippen LogP contribution in [0.5, 0.6) is 0 Å². The van der Waals surface area contributed by atoms with E-state index < -0.39 is 23.7 Å². The molecule has 1 aliphatic rings. The number of methoxy groups -OCH3 is 1. The summed E-state index contributed by atoms with van der Waals surface area (Å²) in [4.78, 5) is 0. The van der Waals surface area contributed by atoms with E-state index in [0.29, 0.717) is 28.8 Å². The Morgan fingerprint density at radius 3 is 1.88 bits per heavy atom. The van der Waals surface area contributed by atoms with Crippen LogP contribution >= 0.6 is 0 Å². The Hall–Kier alpha value is 0.234. The number of aliphatic hydroxyl groups excluding tert-OH is 1. The molecule has 1 saturated carbocycles. The maximum Gasteiger partial charge on any atom is 0.333 e. The third-order valence-corrected chi connectivity index (χ3v) is 14.0. The maximum atomic E-state index is 10.5. The van der Waals surface area contributed by atoms with Crippen LogP contribution in [0.4, 0.5) is 0 Å². The van der Waals surface area contributed by atoms with E-state index in [2.05, 4.69) is 55.4 Å². The number of nitrogens with two attached hydrogens (primary N) is 1. The minimum atomic E-state index is -2.44. The Labute approximate surface area is 164 Å². The first-order valence-electron chi connectivity index (χ1n) is 10.1. The molecule has 7 heteroatoms. The molecule has 0 aromatic heterocycles. The van der Waals surface area contributed by atoms with Gasteiger partial charge in [-0.1, -0.05) is 55.4 Å². The topological polar surface area (TPSA) is 73.9 Å². The molecule has 0 heterocycles. The lowest BCUT2D eigenvalue weighted by molar-refractivity contribution is -0.0222. The average molecular weight is 405 g/mol. The number of rotatable bonds is 10. The second-order valence-electron chi connectivity index (χ2n) is 9.01. The first kappa shape index (κ1) is 24.3. The zero-order chi connectivity index (χ0) is 20.2. The summed E-state index contributed by atoms with van der Waals surface area (Å²) in [7, 11) is -1.81. The molecule has 1 aliphatic carbocycles. The Balaban J connectivity index is 2.97. The molecule has 5 nitrogen and oxygen atoms in total. The van der Waals surface area contributed by atoms with Crippen molar-refractivity contribution in [2.45, 2.75) is 102 Å². The fourth-order valence-corrected chi connectivity index (χ4v) is 13.5. The van der Waals surface area contributed by atoms with Crippen LogP contribution in [-0.2, 0) is 13.3 Å². The minimum absolute atomic E-state index is 0.0108. The Morgan fingerprint density at radius 1 is 1.04 bits per heavy atom. The van der Waals surface area contributed by atoms with Gasteiger partial charge >= 0.3 is 8.56 Å². The molecule has 0 amide bonds. The molecule has 4 atom stereocenters. The summed E-state index contributed by atoms with van der Waals surface area (Å²) in [6.45, 7) is 18.4. The summed E-state index contributed by atoms with van der Waals surface area (Å²) in [5.74, 6) is 0.0108. The van der Waals surface area contributed by atoms with Crippen molar-refractivity contribution in [3.8, 4) is 0 Å². The standard InChI is InChI=1S/C19H42NO4Si2/c1-12(2)25(13(3)4)24-26(14(5)6,15(7)8)23-11-16-10-17(20)19(22-9)18(16)21/h12-19,21H,10-11,20H2,1-9H3/t16-,17-,18-,19+/m1/s1. The lowest BCUT2D eigenvalue weighted by Gasteiger charge is -2.42. The van der Waals surface area contributed by atoms with E-state index in [9.17, 15) is 5.11 Å². The summed E-state index contributed by atoms with van der Waals surface area (Å²) in [5.41, 5.74) is 7.92. The molecule has 0 aliphatic heterocycles. The summed E-state index contributed by atoms with van der Waals surface area (Å²) in [6.07, 6.45) is -0.141.